The Morgan fingerprint density at radius 3 is 2.30 bits per heavy atom. The molecule has 0 aliphatic rings. The van der Waals surface area contributed by atoms with Crippen molar-refractivity contribution in [2.75, 3.05) is 18.9 Å². The van der Waals surface area contributed by atoms with Crippen molar-refractivity contribution in [2.24, 2.45) is 5.73 Å². The van der Waals surface area contributed by atoms with Crippen molar-refractivity contribution < 1.29 is 27.5 Å². The quantitative estimate of drug-likeness (QED) is 0.882. The van der Waals surface area contributed by atoms with Gasteiger partial charge in [-0.05, 0) is 24.3 Å². The van der Waals surface area contributed by atoms with Crippen LogP contribution in [-0.2, 0) is 4.79 Å². The number of hydrogen-bond donors (Lipinski definition) is 2. The minimum absolute atomic E-state index is 0.266. The van der Waals surface area contributed by atoms with Gasteiger partial charge < -0.3 is 20.7 Å². The molecule has 0 aliphatic carbocycles. The highest BCUT2D eigenvalue weighted by atomic mass is 19.4. The highest BCUT2D eigenvalue weighted by Gasteiger charge is 2.30. The Morgan fingerprint density at radius 2 is 1.85 bits per heavy atom. The number of carbonyl (C=O) groups is 2. The average molecular weight is 291 g/mol. The third-order valence-electron chi connectivity index (χ3n) is 2.13. The van der Waals surface area contributed by atoms with Crippen LogP contribution < -0.4 is 15.8 Å². The molecule has 0 bridgehead atoms. The molecular weight excluding hydrogens is 279 g/mol. The number of nitrogens with one attached hydrogen (secondary N) is 1. The molecule has 0 fully saturated rings. The topological polar surface area (TPSA) is 84.7 Å². The summed E-state index contributed by atoms with van der Waals surface area (Å²) < 4.78 is 39.5. The molecular formula is C11H12F3N3O3. The maximum absolute atomic E-state index is 11.9. The lowest BCUT2D eigenvalue weighted by molar-refractivity contribution is -0.274. The zero-order valence-electron chi connectivity index (χ0n) is 10.4. The number of alkyl halides is 3. The van der Waals surface area contributed by atoms with E-state index in [1.807, 2.05) is 0 Å². The predicted octanol–water partition coefficient (Wildman–Crippen LogP) is 1.53. The van der Waals surface area contributed by atoms with Crippen LogP contribution in [0.25, 0.3) is 0 Å². The molecule has 0 aliphatic heterocycles. The van der Waals surface area contributed by atoms with Gasteiger partial charge in [0.2, 0.25) is 5.91 Å². The summed E-state index contributed by atoms with van der Waals surface area (Å²) in [6, 6.07) is 3.82. The Kier molecular flexibility index (Phi) is 4.78. The summed E-state index contributed by atoms with van der Waals surface area (Å²) in [7, 11) is 1.34. The first-order chi connectivity index (χ1) is 9.17. The molecule has 0 spiro atoms. The standard InChI is InChI=1S/C11H12F3N3O3/c1-17(10(15)19)6-9(18)16-7-2-4-8(5-3-7)20-11(12,13)14/h2-5H,6H2,1H3,(H2,15,19)(H,16,18). The SMILES string of the molecule is CN(CC(=O)Nc1ccc(OC(F)(F)F)cc1)C(N)=O. The second-order valence-corrected chi connectivity index (χ2v) is 3.81. The van der Waals surface area contributed by atoms with Crippen molar-refractivity contribution in [2.45, 2.75) is 6.36 Å². The van der Waals surface area contributed by atoms with E-state index in [4.69, 9.17) is 5.73 Å². The maximum atomic E-state index is 11.9. The number of urea groups is 1. The predicted molar refractivity (Wildman–Crippen MR) is 64.0 cm³/mol. The summed E-state index contributed by atoms with van der Waals surface area (Å²) in [5, 5.41) is 2.39. The van der Waals surface area contributed by atoms with Crippen LogP contribution in [0.5, 0.6) is 5.75 Å². The Hall–Kier alpha value is -2.45. The van der Waals surface area contributed by atoms with Gasteiger partial charge in [-0.1, -0.05) is 0 Å². The van der Waals surface area contributed by atoms with Gasteiger partial charge in [0.25, 0.3) is 0 Å². The number of halogens is 3. The van der Waals surface area contributed by atoms with Gasteiger partial charge in [0.05, 0.1) is 0 Å². The van der Waals surface area contributed by atoms with E-state index in [1.165, 1.54) is 19.2 Å². The number of rotatable bonds is 4. The summed E-state index contributed by atoms with van der Waals surface area (Å²) in [6.07, 6.45) is -4.77. The van der Waals surface area contributed by atoms with Gasteiger partial charge in [-0.25, -0.2) is 4.79 Å². The first kappa shape index (κ1) is 15.6. The van der Waals surface area contributed by atoms with E-state index >= 15 is 0 Å². The van der Waals surface area contributed by atoms with Gasteiger partial charge in [0, 0.05) is 12.7 Å². The second kappa shape index (κ2) is 6.13. The van der Waals surface area contributed by atoms with Crippen molar-refractivity contribution in [1.82, 2.24) is 4.90 Å². The summed E-state index contributed by atoms with van der Waals surface area (Å²) in [5.41, 5.74) is 5.21. The zero-order chi connectivity index (χ0) is 15.3. The molecule has 0 aromatic heterocycles. The Labute approximate surface area is 112 Å². The van der Waals surface area contributed by atoms with Crippen LogP contribution in [-0.4, -0.2) is 36.8 Å². The molecule has 9 heteroatoms. The van der Waals surface area contributed by atoms with Crippen LogP contribution in [0, 0.1) is 0 Å². The largest absolute Gasteiger partial charge is 0.573 e. The van der Waals surface area contributed by atoms with Crippen LogP contribution in [0.1, 0.15) is 0 Å². The van der Waals surface area contributed by atoms with E-state index in [2.05, 4.69) is 10.1 Å². The van der Waals surface area contributed by atoms with Crippen LogP contribution in [0.2, 0.25) is 0 Å². The molecule has 3 N–H and O–H groups in total. The third kappa shape index (κ3) is 5.46. The molecule has 1 aromatic carbocycles. The van der Waals surface area contributed by atoms with Gasteiger partial charge in [-0.2, -0.15) is 0 Å². The van der Waals surface area contributed by atoms with Gasteiger partial charge in [0.15, 0.2) is 0 Å². The molecule has 0 radical (unpaired) electrons. The summed E-state index contributed by atoms with van der Waals surface area (Å²) in [5.74, 6) is -0.930. The number of carbonyl (C=O) groups excluding carboxylic acids is 2. The molecule has 6 nitrogen and oxygen atoms in total. The average Bonchev–Trinajstić information content (AvgIpc) is 2.29. The number of hydrogen-bond acceptors (Lipinski definition) is 3. The first-order valence-electron chi connectivity index (χ1n) is 5.33. The van der Waals surface area contributed by atoms with Gasteiger partial charge in [-0.3, -0.25) is 4.79 Å². The van der Waals surface area contributed by atoms with E-state index in [9.17, 15) is 22.8 Å². The van der Waals surface area contributed by atoms with Gasteiger partial charge in [-0.15, -0.1) is 13.2 Å². The van der Waals surface area contributed by atoms with Crippen molar-refractivity contribution >= 4 is 17.6 Å². The minimum atomic E-state index is -4.77. The van der Waals surface area contributed by atoms with Crippen LogP contribution in [0.3, 0.4) is 0 Å². The van der Waals surface area contributed by atoms with E-state index in [0.29, 0.717) is 0 Å². The molecule has 20 heavy (non-hydrogen) atoms. The van der Waals surface area contributed by atoms with Crippen molar-refractivity contribution in [3.63, 3.8) is 0 Å². The molecule has 110 valence electrons. The van der Waals surface area contributed by atoms with Crippen molar-refractivity contribution in [3.05, 3.63) is 24.3 Å². The highest BCUT2D eigenvalue weighted by Crippen LogP contribution is 2.23. The first-order valence-corrected chi connectivity index (χ1v) is 5.33. The fraction of sp³-hybridized carbons (Fsp3) is 0.273. The molecule has 1 aromatic rings. The highest BCUT2D eigenvalue weighted by molar-refractivity contribution is 5.94. The Balaban J connectivity index is 2.57. The number of primary amides is 1. The molecule has 3 amide bonds. The molecule has 1 rings (SSSR count). The number of likely N-dealkylation sites (N-methyl/N-ethyl adjacent to an activating group) is 1. The number of benzene rings is 1. The van der Waals surface area contributed by atoms with E-state index in [1.54, 1.807) is 0 Å². The molecule has 0 atom stereocenters. The lowest BCUT2D eigenvalue weighted by Gasteiger charge is -2.14. The van der Waals surface area contributed by atoms with E-state index < -0.39 is 24.1 Å². The summed E-state index contributed by atoms with van der Waals surface area (Å²) in [6.45, 7) is -0.268. The number of amides is 3. The van der Waals surface area contributed by atoms with Crippen LogP contribution >= 0.6 is 0 Å². The summed E-state index contributed by atoms with van der Waals surface area (Å²) in [4.78, 5) is 23.2. The number of anilines is 1. The lowest BCUT2D eigenvalue weighted by atomic mass is 10.3. The maximum Gasteiger partial charge on any atom is 0.573 e. The fourth-order valence-corrected chi connectivity index (χ4v) is 1.23. The van der Waals surface area contributed by atoms with Gasteiger partial charge >= 0.3 is 12.4 Å². The van der Waals surface area contributed by atoms with E-state index in [0.717, 1.165) is 17.0 Å². The Bertz CT molecular complexity index is 488. The number of nitrogens with zero attached hydrogens (tertiary/aromatic N) is 1. The van der Waals surface area contributed by atoms with Crippen molar-refractivity contribution in [1.29, 1.82) is 0 Å². The Morgan fingerprint density at radius 1 is 1.30 bits per heavy atom. The molecule has 0 saturated heterocycles. The number of ether oxygens (including phenoxy) is 1. The van der Waals surface area contributed by atoms with Crippen LogP contribution in [0.15, 0.2) is 24.3 Å². The van der Waals surface area contributed by atoms with Crippen molar-refractivity contribution in [3.8, 4) is 5.75 Å². The molecule has 0 heterocycles. The normalized spacial score (nSPS) is 10.8. The molecule has 0 saturated carbocycles. The number of nitrogens with two attached hydrogens (primary N) is 1. The second-order valence-electron chi connectivity index (χ2n) is 3.81. The zero-order valence-corrected chi connectivity index (χ0v) is 10.4. The lowest BCUT2D eigenvalue weighted by Crippen LogP contribution is -2.38. The fourth-order valence-electron chi connectivity index (χ4n) is 1.23. The third-order valence-corrected chi connectivity index (χ3v) is 2.13. The smallest absolute Gasteiger partial charge is 0.406 e. The van der Waals surface area contributed by atoms with Crippen LogP contribution in [0.4, 0.5) is 23.7 Å². The van der Waals surface area contributed by atoms with Gasteiger partial charge in [0.1, 0.15) is 12.3 Å². The van der Waals surface area contributed by atoms with E-state index in [-0.39, 0.29) is 12.2 Å². The summed E-state index contributed by atoms with van der Waals surface area (Å²) >= 11 is 0. The molecule has 0 unspecified atom stereocenters. The minimum Gasteiger partial charge on any atom is -0.406 e. The monoisotopic (exact) mass is 291 g/mol.